The minimum Gasteiger partial charge on any atom is -0.357 e. The number of amides is 1. The van der Waals surface area contributed by atoms with Gasteiger partial charge in [-0.1, -0.05) is 37.3 Å². The fraction of sp³-hybridized carbons (Fsp3) is 0.400. The highest BCUT2D eigenvalue weighted by atomic mass is 35.5. The molecular formula is C20H24ClN5O. The fourth-order valence-electron chi connectivity index (χ4n) is 2.21. The molecule has 2 aromatic heterocycles. The molecule has 0 fully saturated rings. The molecule has 0 radical (unpaired) electrons. The van der Waals surface area contributed by atoms with Crippen LogP contribution in [0.3, 0.4) is 0 Å². The van der Waals surface area contributed by atoms with Gasteiger partial charge in [0.15, 0.2) is 5.82 Å². The number of pyridine rings is 1. The zero-order valence-corrected chi connectivity index (χ0v) is 17.2. The van der Waals surface area contributed by atoms with E-state index >= 15 is 0 Å². The van der Waals surface area contributed by atoms with Gasteiger partial charge in [-0.3, -0.25) is 9.78 Å². The summed E-state index contributed by atoms with van der Waals surface area (Å²) in [7, 11) is 1.73. The third kappa shape index (κ3) is 5.18. The topological polar surface area (TPSA) is 79.8 Å². The van der Waals surface area contributed by atoms with Crippen molar-refractivity contribution in [2.45, 2.75) is 40.0 Å². The summed E-state index contributed by atoms with van der Waals surface area (Å²) in [5, 5.41) is 6.32. The Morgan fingerprint density at radius 3 is 2.52 bits per heavy atom. The van der Waals surface area contributed by atoms with Crippen LogP contribution in [0.15, 0.2) is 18.3 Å². The largest absolute Gasteiger partial charge is 0.357 e. The Morgan fingerprint density at radius 1 is 1.26 bits per heavy atom. The van der Waals surface area contributed by atoms with E-state index in [0.29, 0.717) is 28.0 Å². The van der Waals surface area contributed by atoms with Gasteiger partial charge in [-0.05, 0) is 32.9 Å². The summed E-state index contributed by atoms with van der Waals surface area (Å²) in [6.07, 6.45) is 1.60. The van der Waals surface area contributed by atoms with Crippen molar-refractivity contribution < 1.29 is 4.79 Å². The number of hydrogen-bond donors (Lipinski definition) is 2. The van der Waals surface area contributed by atoms with Crippen molar-refractivity contribution in [2.24, 2.45) is 5.92 Å². The van der Waals surface area contributed by atoms with Crippen LogP contribution in [0.25, 0.3) is 0 Å². The molecule has 0 spiro atoms. The lowest BCUT2D eigenvalue weighted by Gasteiger charge is -2.17. The van der Waals surface area contributed by atoms with Crippen molar-refractivity contribution in [1.29, 1.82) is 0 Å². The molecule has 0 saturated heterocycles. The molecule has 6 nitrogen and oxygen atoms in total. The monoisotopic (exact) mass is 385 g/mol. The smallest absolute Gasteiger partial charge is 0.228 e. The van der Waals surface area contributed by atoms with Gasteiger partial charge in [-0.15, -0.1) is 0 Å². The molecule has 0 unspecified atom stereocenters. The second-order valence-electron chi connectivity index (χ2n) is 6.99. The van der Waals surface area contributed by atoms with Crippen molar-refractivity contribution in [3.8, 4) is 11.8 Å². The maximum atomic E-state index is 12.2. The van der Waals surface area contributed by atoms with Gasteiger partial charge in [0, 0.05) is 19.2 Å². The number of carbonyl (C=O) groups is 1. The third-order valence-electron chi connectivity index (χ3n) is 3.95. The predicted molar refractivity (Wildman–Crippen MR) is 109 cm³/mol. The fourth-order valence-corrected chi connectivity index (χ4v) is 2.33. The second-order valence-corrected chi connectivity index (χ2v) is 7.42. The molecule has 0 atom stereocenters. The Hall–Kier alpha value is -2.65. The van der Waals surface area contributed by atoms with Crippen molar-refractivity contribution in [2.75, 3.05) is 17.7 Å². The van der Waals surface area contributed by atoms with Gasteiger partial charge in [0.05, 0.1) is 27.4 Å². The summed E-state index contributed by atoms with van der Waals surface area (Å²) in [6.45, 7) is 9.43. The van der Waals surface area contributed by atoms with E-state index in [1.807, 2.05) is 40.7 Å². The number of nitrogens with one attached hydrogen (secondary N) is 2. The van der Waals surface area contributed by atoms with E-state index in [9.17, 15) is 4.79 Å². The van der Waals surface area contributed by atoms with E-state index in [1.54, 1.807) is 19.3 Å². The highest BCUT2D eigenvalue weighted by Gasteiger charge is 2.20. The summed E-state index contributed by atoms with van der Waals surface area (Å²) < 4.78 is 0. The molecule has 0 aliphatic rings. The molecule has 2 N–H and O–H groups in total. The van der Waals surface area contributed by atoms with Crippen molar-refractivity contribution >= 4 is 29.3 Å². The number of hydrogen-bond acceptors (Lipinski definition) is 5. The number of aryl methyl sites for hydroxylation is 1. The molecule has 7 heteroatoms. The molecule has 0 aliphatic carbocycles. The summed E-state index contributed by atoms with van der Waals surface area (Å²) in [5.74, 6) is 6.89. The Balaban J connectivity index is 2.47. The maximum absolute atomic E-state index is 12.2. The SMILES string of the molecule is CNc1nc(C)c(C#CC(C)(C)c2ccc(Cl)cn2)c(NC(=O)C(C)C)n1. The van der Waals surface area contributed by atoms with Crippen LogP contribution in [0, 0.1) is 24.7 Å². The van der Waals surface area contributed by atoms with Crippen LogP contribution < -0.4 is 10.6 Å². The van der Waals surface area contributed by atoms with Gasteiger partial charge in [0.1, 0.15) is 0 Å². The van der Waals surface area contributed by atoms with Crippen molar-refractivity contribution in [1.82, 2.24) is 15.0 Å². The zero-order valence-electron chi connectivity index (χ0n) is 16.4. The predicted octanol–water partition coefficient (Wildman–Crippen LogP) is 3.80. The summed E-state index contributed by atoms with van der Waals surface area (Å²) in [6, 6.07) is 3.64. The van der Waals surface area contributed by atoms with E-state index in [1.165, 1.54) is 0 Å². The maximum Gasteiger partial charge on any atom is 0.228 e. The summed E-state index contributed by atoms with van der Waals surface area (Å²) in [4.78, 5) is 25.3. The van der Waals surface area contributed by atoms with Crippen LogP contribution in [0.2, 0.25) is 5.02 Å². The van der Waals surface area contributed by atoms with Crippen LogP contribution in [0.1, 0.15) is 44.6 Å². The first-order valence-corrected chi connectivity index (χ1v) is 9.04. The minimum absolute atomic E-state index is 0.128. The average molecular weight is 386 g/mol. The Labute approximate surface area is 165 Å². The molecule has 2 heterocycles. The van der Waals surface area contributed by atoms with E-state index in [0.717, 1.165) is 5.69 Å². The van der Waals surface area contributed by atoms with Crippen LogP contribution in [-0.4, -0.2) is 27.9 Å². The van der Waals surface area contributed by atoms with Crippen molar-refractivity contribution in [3.05, 3.63) is 40.3 Å². The number of carbonyl (C=O) groups excluding carboxylic acids is 1. The molecule has 0 saturated carbocycles. The van der Waals surface area contributed by atoms with E-state index in [2.05, 4.69) is 37.4 Å². The first-order chi connectivity index (χ1) is 12.6. The van der Waals surface area contributed by atoms with Gasteiger partial charge in [-0.2, -0.15) is 4.98 Å². The lowest BCUT2D eigenvalue weighted by Crippen LogP contribution is -2.21. The molecule has 2 aromatic rings. The van der Waals surface area contributed by atoms with Gasteiger partial charge >= 0.3 is 0 Å². The minimum atomic E-state index is -0.516. The van der Waals surface area contributed by atoms with E-state index in [-0.39, 0.29) is 11.8 Å². The molecular weight excluding hydrogens is 362 g/mol. The van der Waals surface area contributed by atoms with Crippen molar-refractivity contribution in [3.63, 3.8) is 0 Å². The molecule has 0 aliphatic heterocycles. The molecule has 1 amide bonds. The number of rotatable bonds is 4. The molecule has 27 heavy (non-hydrogen) atoms. The first kappa shape index (κ1) is 20.7. The lowest BCUT2D eigenvalue weighted by molar-refractivity contribution is -0.118. The highest BCUT2D eigenvalue weighted by molar-refractivity contribution is 6.30. The number of halogens is 1. The molecule has 0 bridgehead atoms. The first-order valence-electron chi connectivity index (χ1n) is 8.66. The standard InChI is InChI=1S/C20H24ClN5O/c1-12(2)18(27)25-17-15(13(3)24-19(22-6)26-17)9-10-20(4,5)16-8-7-14(21)11-23-16/h7-8,11-12H,1-6H3,(H2,22,24,25,26,27). The average Bonchev–Trinajstić information content (AvgIpc) is 2.60. The zero-order chi connectivity index (χ0) is 20.2. The Morgan fingerprint density at radius 2 is 1.96 bits per heavy atom. The van der Waals surface area contributed by atoms with E-state index < -0.39 is 5.41 Å². The van der Waals surface area contributed by atoms with Crippen LogP contribution in [0.5, 0.6) is 0 Å². The third-order valence-corrected chi connectivity index (χ3v) is 4.17. The summed E-state index contributed by atoms with van der Waals surface area (Å²) >= 11 is 5.92. The van der Waals surface area contributed by atoms with Crippen LogP contribution >= 0.6 is 11.6 Å². The quantitative estimate of drug-likeness (QED) is 0.782. The molecule has 2 rings (SSSR count). The summed E-state index contributed by atoms with van der Waals surface area (Å²) in [5.41, 5.74) is 1.56. The lowest BCUT2D eigenvalue weighted by atomic mass is 9.89. The van der Waals surface area contributed by atoms with E-state index in [4.69, 9.17) is 11.6 Å². The number of anilines is 2. The molecule has 0 aromatic carbocycles. The Kier molecular flexibility index (Phi) is 6.40. The molecule has 142 valence electrons. The Bertz CT molecular complexity index is 895. The highest BCUT2D eigenvalue weighted by Crippen LogP contribution is 2.23. The van der Waals surface area contributed by atoms with Gasteiger partial charge in [0.25, 0.3) is 0 Å². The second kappa shape index (κ2) is 8.36. The van der Waals surface area contributed by atoms with Crippen LogP contribution in [0.4, 0.5) is 11.8 Å². The van der Waals surface area contributed by atoms with Gasteiger partial charge < -0.3 is 10.6 Å². The number of aromatic nitrogens is 3. The van der Waals surface area contributed by atoms with Gasteiger partial charge in [0.2, 0.25) is 11.9 Å². The number of nitrogens with zero attached hydrogens (tertiary/aromatic N) is 3. The normalized spacial score (nSPS) is 11.0. The van der Waals surface area contributed by atoms with Crippen LogP contribution in [-0.2, 0) is 10.2 Å². The van der Waals surface area contributed by atoms with Gasteiger partial charge in [-0.25, -0.2) is 4.98 Å².